The summed E-state index contributed by atoms with van der Waals surface area (Å²) >= 11 is 0. The Bertz CT molecular complexity index is 377. The fraction of sp³-hybridized carbons (Fsp3) is 0.462. The normalized spacial score (nSPS) is 11.6. The fourth-order valence-electron chi connectivity index (χ4n) is 1.12. The number of carbonyl (C=O) groups is 1. The van der Waals surface area contributed by atoms with Gasteiger partial charge in [0.2, 0.25) is 0 Å². The second-order valence-electron chi connectivity index (χ2n) is 4.87. The fourth-order valence-corrected chi connectivity index (χ4v) is 1.12. The number of alkyl halides is 2. The van der Waals surface area contributed by atoms with Crippen LogP contribution in [0.3, 0.4) is 0 Å². The maximum Gasteiger partial charge on any atom is 0.311 e. The lowest BCUT2D eigenvalue weighted by Crippen LogP contribution is -2.22. The van der Waals surface area contributed by atoms with Crippen LogP contribution in [0.5, 0.6) is 0 Å². The highest BCUT2D eigenvalue weighted by atomic mass is 19.3. The molecule has 0 atom stereocenters. The molecule has 0 aromatic heterocycles. The third-order valence-electron chi connectivity index (χ3n) is 2.21. The molecule has 0 aliphatic carbocycles. The van der Waals surface area contributed by atoms with E-state index in [9.17, 15) is 13.6 Å². The van der Waals surface area contributed by atoms with Crippen molar-refractivity contribution < 1.29 is 18.3 Å². The molecule has 94 valence electrons. The van der Waals surface area contributed by atoms with Crippen molar-refractivity contribution in [3.05, 3.63) is 35.4 Å². The maximum absolute atomic E-state index is 12.3. The molecular weight excluding hydrogens is 226 g/mol. The first-order valence-electron chi connectivity index (χ1n) is 5.35. The van der Waals surface area contributed by atoms with Crippen LogP contribution in [0.25, 0.3) is 0 Å². The minimum atomic E-state index is -2.47. The minimum Gasteiger partial charge on any atom is -0.460 e. The highest BCUT2D eigenvalue weighted by Crippen LogP contribution is 2.20. The van der Waals surface area contributed by atoms with Gasteiger partial charge in [0.05, 0.1) is 5.41 Å². The summed E-state index contributed by atoms with van der Waals surface area (Å²) in [5, 5.41) is 0. The number of hydrogen-bond donors (Lipinski definition) is 0. The molecule has 0 saturated carbocycles. The zero-order chi connectivity index (χ0) is 13.1. The number of hydrogen-bond acceptors (Lipinski definition) is 2. The molecule has 17 heavy (non-hydrogen) atoms. The molecule has 1 aromatic rings. The maximum atomic E-state index is 12.3. The average Bonchev–Trinajstić information content (AvgIpc) is 2.25. The van der Waals surface area contributed by atoms with Gasteiger partial charge in [-0.15, -0.1) is 0 Å². The Hall–Kier alpha value is -1.45. The Labute approximate surface area is 99.6 Å². The third-order valence-corrected chi connectivity index (χ3v) is 2.21. The van der Waals surface area contributed by atoms with Crippen molar-refractivity contribution in [2.75, 3.05) is 0 Å². The monoisotopic (exact) mass is 242 g/mol. The Morgan fingerprint density at radius 3 is 2.18 bits per heavy atom. The van der Waals surface area contributed by atoms with Crippen molar-refractivity contribution in [2.45, 2.75) is 33.8 Å². The van der Waals surface area contributed by atoms with E-state index in [1.54, 1.807) is 20.8 Å². The lowest BCUT2D eigenvalue weighted by Gasteiger charge is -2.16. The third kappa shape index (κ3) is 4.13. The van der Waals surface area contributed by atoms with E-state index in [0.717, 1.165) is 0 Å². The van der Waals surface area contributed by atoms with Gasteiger partial charge in [-0.05, 0) is 26.3 Å². The van der Waals surface area contributed by atoms with Gasteiger partial charge in [0.1, 0.15) is 6.61 Å². The summed E-state index contributed by atoms with van der Waals surface area (Å²) in [6.45, 7) is 5.39. The quantitative estimate of drug-likeness (QED) is 0.755. The lowest BCUT2D eigenvalue weighted by molar-refractivity contribution is -0.154. The molecule has 0 aliphatic rings. The Morgan fingerprint density at radius 1 is 1.24 bits per heavy atom. The van der Waals surface area contributed by atoms with Gasteiger partial charge in [-0.3, -0.25) is 4.79 Å². The Kier molecular flexibility index (Phi) is 4.21. The second kappa shape index (κ2) is 5.25. The van der Waals surface area contributed by atoms with Crippen LogP contribution in [0, 0.1) is 5.41 Å². The predicted molar refractivity (Wildman–Crippen MR) is 60.7 cm³/mol. The summed E-state index contributed by atoms with van der Waals surface area (Å²) < 4.78 is 29.6. The van der Waals surface area contributed by atoms with Gasteiger partial charge in [0.25, 0.3) is 6.43 Å². The Balaban J connectivity index is 2.56. The predicted octanol–water partition coefficient (Wildman–Crippen LogP) is 3.71. The van der Waals surface area contributed by atoms with E-state index < -0.39 is 11.8 Å². The highest BCUT2D eigenvalue weighted by Gasteiger charge is 2.22. The molecule has 0 fully saturated rings. The van der Waals surface area contributed by atoms with Crippen LogP contribution in [0.1, 0.15) is 38.3 Å². The van der Waals surface area contributed by atoms with Gasteiger partial charge >= 0.3 is 5.97 Å². The SMILES string of the molecule is CC(C)(C)C(=O)OCc1ccc(C(F)F)cc1. The summed E-state index contributed by atoms with van der Waals surface area (Å²) in [4.78, 5) is 11.5. The van der Waals surface area contributed by atoms with Crippen molar-refractivity contribution in [2.24, 2.45) is 5.41 Å². The minimum absolute atomic E-state index is 0.0316. The Morgan fingerprint density at radius 2 is 1.76 bits per heavy atom. The molecule has 0 radical (unpaired) electrons. The molecule has 0 aliphatic heterocycles. The first kappa shape index (κ1) is 13.6. The summed E-state index contributed by atoms with van der Waals surface area (Å²) in [5.74, 6) is -0.310. The molecule has 0 saturated heterocycles. The van der Waals surface area contributed by atoms with E-state index in [1.165, 1.54) is 24.3 Å². The second-order valence-corrected chi connectivity index (χ2v) is 4.87. The van der Waals surface area contributed by atoms with E-state index in [-0.39, 0.29) is 18.1 Å². The zero-order valence-electron chi connectivity index (χ0n) is 10.2. The van der Waals surface area contributed by atoms with Gasteiger partial charge in [0.15, 0.2) is 0 Å². The molecule has 0 unspecified atom stereocenters. The van der Waals surface area contributed by atoms with Gasteiger partial charge < -0.3 is 4.74 Å². The van der Waals surface area contributed by atoms with Crippen molar-refractivity contribution in [1.29, 1.82) is 0 Å². The zero-order valence-corrected chi connectivity index (χ0v) is 10.2. The number of rotatable bonds is 3. The number of esters is 1. The number of halogens is 2. The van der Waals surface area contributed by atoms with E-state index in [4.69, 9.17) is 4.74 Å². The van der Waals surface area contributed by atoms with Crippen LogP contribution in [0.15, 0.2) is 24.3 Å². The van der Waals surface area contributed by atoms with Gasteiger partial charge in [0, 0.05) is 5.56 Å². The first-order valence-corrected chi connectivity index (χ1v) is 5.35. The first-order chi connectivity index (χ1) is 7.80. The van der Waals surface area contributed by atoms with E-state index in [1.807, 2.05) is 0 Å². The van der Waals surface area contributed by atoms with Crippen molar-refractivity contribution >= 4 is 5.97 Å². The molecule has 0 bridgehead atoms. The molecule has 0 spiro atoms. The van der Waals surface area contributed by atoms with Crippen LogP contribution in [0.4, 0.5) is 8.78 Å². The van der Waals surface area contributed by atoms with Crippen LogP contribution in [-0.4, -0.2) is 5.97 Å². The number of carbonyl (C=O) groups excluding carboxylic acids is 1. The largest absolute Gasteiger partial charge is 0.460 e. The van der Waals surface area contributed by atoms with Crippen molar-refractivity contribution in [3.63, 3.8) is 0 Å². The smallest absolute Gasteiger partial charge is 0.311 e. The van der Waals surface area contributed by atoms with E-state index in [2.05, 4.69) is 0 Å². The molecular formula is C13H16F2O2. The van der Waals surface area contributed by atoms with E-state index >= 15 is 0 Å². The molecule has 1 rings (SSSR count). The summed E-state index contributed by atoms with van der Waals surface area (Å²) in [6.07, 6.45) is -2.47. The topological polar surface area (TPSA) is 26.3 Å². The number of ether oxygens (including phenoxy) is 1. The van der Waals surface area contributed by atoms with Gasteiger partial charge in [-0.1, -0.05) is 24.3 Å². The summed E-state index contributed by atoms with van der Waals surface area (Å²) in [6, 6.07) is 5.75. The average molecular weight is 242 g/mol. The highest BCUT2D eigenvalue weighted by molar-refractivity contribution is 5.75. The number of benzene rings is 1. The molecule has 1 aromatic carbocycles. The molecule has 4 heteroatoms. The molecule has 0 heterocycles. The van der Waals surface area contributed by atoms with Gasteiger partial charge in [-0.2, -0.15) is 0 Å². The molecule has 0 N–H and O–H groups in total. The summed E-state index contributed by atoms with van der Waals surface area (Å²) in [5.41, 5.74) is 0.117. The van der Waals surface area contributed by atoms with Crippen molar-refractivity contribution in [3.8, 4) is 0 Å². The van der Waals surface area contributed by atoms with Crippen LogP contribution >= 0.6 is 0 Å². The van der Waals surface area contributed by atoms with Crippen LogP contribution < -0.4 is 0 Å². The molecule has 2 nitrogen and oxygen atoms in total. The lowest BCUT2D eigenvalue weighted by atomic mass is 9.97. The standard InChI is InChI=1S/C13H16F2O2/c1-13(2,3)12(16)17-8-9-4-6-10(7-5-9)11(14)15/h4-7,11H,8H2,1-3H3. The van der Waals surface area contributed by atoms with Crippen LogP contribution in [-0.2, 0) is 16.1 Å². The summed E-state index contributed by atoms with van der Waals surface area (Å²) in [7, 11) is 0. The van der Waals surface area contributed by atoms with Crippen LogP contribution in [0.2, 0.25) is 0 Å². The van der Waals surface area contributed by atoms with Crippen molar-refractivity contribution in [1.82, 2.24) is 0 Å². The van der Waals surface area contributed by atoms with E-state index in [0.29, 0.717) is 5.56 Å². The molecule has 0 amide bonds. The van der Waals surface area contributed by atoms with Gasteiger partial charge in [-0.25, -0.2) is 8.78 Å².